The maximum atomic E-state index is 13.1. The highest BCUT2D eigenvalue weighted by Crippen LogP contribution is 2.29. The first-order chi connectivity index (χ1) is 12.9. The molecule has 2 aromatic carbocycles. The maximum absolute atomic E-state index is 13.1. The second kappa shape index (κ2) is 8.33. The number of nitrogens with zero attached hydrogens (tertiary/aromatic N) is 2. The fourth-order valence-electron chi connectivity index (χ4n) is 2.51. The average Bonchev–Trinajstić information content (AvgIpc) is 2.65. The standard InChI is InChI=1S/C19H16Cl2N2O3S/c1-3-26-18(25)11(2)27-19-22-16-7-5-4-6-13(16)17(24)23(19)12-8-9-14(20)15(21)10-12/h4-11H,3H2,1-2H3/t11-/m0/s1. The van der Waals surface area contributed by atoms with Crippen LogP contribution in [0.25, 0.3) is 16.6 Å². The minimum Gasteiger partial charge on any atom is -0.465 e. The average molecular weight is 423 g/mol. The predicted octanol–water partition coefficient (Wildman–Crippen LogP) is 4.74. The van der Waals surface area contributed by atoms with Gasteiger partial charge in [-0.15, -0.1) is 0 Å². The van der Waals surface area contributed by atoms with Crippen LogP contribution in [0.15, 0.2) is 52.4 Å². The molecule has 0 saturated heterocycles. The van der Waals surface area contributed by atoms with Crippen LogP contribution in [0.1, 0.15) is 13.8 Å². The Kier molecular flexibility index (Phi) is 6.09. The Morgan fingerprint density at radius 1 is 1.22 bits per heavy atom. The van der Waals surface area contributed by atoms with Gasteiger partial charge in [0.1, 0.15) is 5.25 Å². The van der Waals surface area contributed by atoms with Crippen molar-refractivity contribution in [2.24, 2.45) is 0 Å². The number of rotatable bonds is 5. The summed E-state index contributed by atoms with van der Waals surface area (Å²) in [4.78, 5) is 29.8. The van der Waals surface area contributed by atoms with Crippen LogP contribution in [0.4, 0.5) is 0 Å². The molecule has 0 N–H and O–H groups in total. The second-order valence-electron chi connectivity index (χ2n) is 5.66. The highest BCUT2D eigenvalue weighted by molar-refractivity contribution is 8.00. The molecule has 0 spiro atoms. The smallest absolute Gasteiger partial charge is 0.319 e. The van der Waals surface area contributed by atoms with Gasteiger partial charge in [-0.25, -0.2) is 4.98 Å². The van der Waals surface area contributed by atoms with Crippen LogP contribution < -0.4 is 5.56 Å². The van der Waals surface area contributed by atoms with Gasteiger partial charge in [0, 0.05) is 0 Å². The topological polar surface area (TPSA) is 61.2 Å². The van der Waals surface area contributed by atoms with E-state index in [1.807, 2.05) is 6.07 Å². The van der Waals surface area contributed by atoms with Crippen molar-refractivity contribution in [2.75, 3.05) is 6.61 Å². The maximum Gasteiger partial charge on any atom is 0.319 e. The summed E-state index contributed by atoms with van der Waals surface area (Å²) in [6.45, 7) is 3.74. The molecule has 1 atom stereocenters. The van der Waals surface area contributed by atoms with Gasteiger partial charge in [-0.1, -0.05) is 47.1 Å². The van der Waals surface area contributed by atoms with Crippen LogP contribution in [0, 0.1) is 0 Å². The van der Waals surface area contributed by atoms with E-state index < -0.39 is 5.25 Å². The number of fused-ring (bicyclic) bond motifs is 1. The number of hydrogen-bond donors (Lipinski definition) is 0. The Morgan fingerprint density at radius 3 is 2.67 bits per heavy atom. The summed E-state index contributed by atoms with van der Waals surface area (Å²) in [6.07, 6.45) is 0. The van der Waals surface area contributed by atoms with Gasteiger partial charge >= 0.3 is 5.97 Å². The summed E-state index contributed by atoms with van der Waals surface area (Å²) in [5.41, 5.74) is 0.820. The van der Waals surface area contributed by atoms with E-state index >= 15 is 0 Å². The van der Waals surface area contributed by atoms with Crippen molar-refractivity contribution in [1.82, 2.24) is 9.55 Å². The van der Waals surface area contributed by atoms with Crippen molar-refractivity contribution in [3.8, 4) is 5.69 Å². The minimum atomic E-state index is -0.535. The Balaban J connectivity index is 2.19. The normalized spacial score (nSPS) is 12.1. The molecule has 0 radical (unpaired) electrons. The van der Waals surface area contributed by atoms with Crippen molar-refractivity contribution in [1.29, 1.82) is 0 Å². The molecule has 1 aromatic heterocycles. The largest absolute Gasteiger partial charge is 0.465 e. The van der Waals surface area contributed by atoms with E-state index in [1.165, 1.54) is 4.57 Å². The van der Waals surface area contributed by atoms with Crippen molar-refractivity contribution in [2.45, 2.75) is 24.3 Å². The zero-order chi connectivity index (χ0) is 19.6. The molecule has 8 heteroatoms. The van der Waals surface area contributed by atoms with E-state index in [4.69, 9.17) is 27.9 Å². The number of benzene rings is 2. The van der Waals surface area contributed by atoms with Gasteiger partial charge in [0.2, 0.25) is 0 Å². The van der Waals surface area contributed by atoms with E-state index in [9.17, 15) is 9.59 Å². The van der Waals surface area contributed by atoms with Crippen molar-refractivity contribution in [3.05, 3.63) is 62.9 Å². The molecule has 0 aliphatic heterocycles. The number of para-hydroxylation sites is 1. The number of carbonyl (C=O) groups excluding carboxylic acids is 1. The molecule has 0 saturated carbocycles. The lowest BCUT2D eigenvalue weighted by molar-refractivity contribution is -0.142. The fourth-order valence-corrected chi connectivity index (χ4v) is 3.73. The lowest BCUT2D eigenvalue weighted by Gasteiger charge is -2.16. The number of hydrogen-bond acceptors (Lipinski definition) is 5. The minimum absolute atomic E-state index is 0.252. The third kappa shape index (κ3) is 4.13. The Hall–Kier alpha value is -2.02. The molecule has 1 heterocycles. The fraction of sp³-hybridized carbons (Fsp3) is 0.211. The van der Waals surface area contributed by atoms with Crippen LogP contribution in [0.5, 0.6) is 0 Å². The summed E-state index contributed by atoms with van der Waals surface area (Å²) in [5.74, 6) is -0.370. The predicted molar refractivity (Wildman–Crippen MR) is 109 cm³/mol. The Morgan fingerprint density at radius 2 is 1.96 bits per heavy atom. The lowest BCUT2D eigenvalue weighted by atomic mass is 10.2. The van der Waals surface area contributed by atoms with Gasteiger partial charge < -0.3 is 4.74 Å². The van der Waals surface area contributed by atoms with Crippen LogP contribution in [0.3, 0.4) is 0 Å². The number of esters is 1. The first-order valence-electron chi connectivity index (χ1n) is 8.23. The van der Waals surface area contributed by atoms with Gasteiger partial charge in [-0.05, 0) is 44.2 Å². The molecule has 3 aromatic rings. The first-order valence-corrected chi connectivity index (χ1v) is 9.86. The molecule has 5 nitrogen and oxygen atoms in total. The van der Waals surface area contributed by atoms with Crippen LogP contribution in [-0.2, 0) is 9.53 Å². The van der Waals surface area contributed by atoms with Crippen molar-refractivity contribution >= 4 is 51.8 Å². The molecule has 0 aliphatic rings. The van der Waals surface area contributed by atoms with E-state index in [-0.39, 0.29) is 18.1 Å². The van der Waals surface area contributed by atoms with Crippen LogP contribution in [-0.4, -0.2) is 27.4 Å². The van der Waals surface area contributed by atoms with Gasteiger partial charge in [0.15, 0.2) is 5.16 Å². The molecule has 0 amide bonds. The van der Waals surface area contributed by atoms with Crippen molar-refractivity contribution < 1.29 is 9.53 Å². The quantitative estimate of drug-likeness (QED) is 0.337. The van der Waals surface area contributed by atoms with Crippen LogP contribution in [0.2, 0.25) is 10.0 Å². The molecule has 0 bridgehead atoms. The number of aromatic nitrogens is 2. The molecule has 0 aliphatic carbocycles. The second-order valence-corrected chi connectivity index (χ2v) is 7.78. The van der Waals surface area contributed by atoms with E-state index in [0.29, 0.717) is 31.8 Å². The number of ether oxygens (including phenoxy) is 1. The Labute approximate surface area is 170 Å². The third-order valence-corrected chi connectivity index (χ3v) is 5.58. The number of carbonyl (C=O) groups is 1. The first kappa shape index (κ1) is 19.7. The molecule has 0 unspecified atom stereocenters. The molecule has 3 rings (SSSR count). The summed E-state index contributed by atoms with van der Waals surface area (Å²) in [7, 11) is 0. The van der Waals surface area contributed by atoms with Gasteiger partial charge in [-0.3, -0.25) is 14.2 Å². The summed E-state index contributed by atoms with van der Waals surface area (Å²) in [6, 6.07) is 12.0. The SMILES string of the molecule is CCOC(=O)[C@H](C)Sc1nc2ccccc2c(=O)n1-c1ccc(Cl)c(Cl)c1. The highest BCUT2D eigenvalue weighted by atomic mass is 35.5. The summed E-state index contributed by atoms with van der Waals surface area (Å²) >= 11 is 13.3. The summed E-state index contributed by atoms with van der Waals surface area (Å²) < 4.78 is 6.50. The lowest BCUT2D eigenvalue weighted by Crippen LogP contribution is -2.24. The van der Waals surface area contributed by atoms with Gasteiger partial charge in [0.05, 0.1) is 33.2 Å². The van der Waals surface area contributed by atoms with Gasteiger partial charge in [0.25, 0.3) is 5.56 Å². The monoisotopic (exact) mass is 422 g/mol. The van der Waals surface area contributed by atoms with E-state index in [1.54, 1.807) is 50.2 Å². The zero-order valence-electron chi connectivity index (χ0n) is 14.6. The number of thioether (sulfide) groups is 1. The zero-order valence-corrected chi connectivity index (χ0v) is 16.9. The van der Waals surface area contributed by atoms with Crippen molar-refractivity contribution in [3.63, 3.8) is 0 Å². The molecule has 0 fully saturated rings. The van der Waals surface area contributed by atoms with E-state index in [2.05, 4.69) is 4.98 Å². The van der Waals surface area contributed by atoms with Gasteiger partial charge in [-0.2, -0.15) is 0 Å². The molecule has 140 valence electrons. The molecular weight excluding hydrogens is 407 g/mol. The summed E-state index contributed by atoms with van der Waals surface area (Å²) in [5, 5.41) is 1.02. The highest BCUT2D eigenvalue weighted by Gasteiger charge is 2.21. The van der Waals surface area contributed by atoms with E-state index in [0.717, 1.165) is 11.8 Å². The van der Waals surface area contributed by atoms with Crippen LogP contribution >= 0.6 is 35.0 Å². The molecular formula is C19H16Cl2N2O3S. The molecule has 27 heavy (non-hydrogen) atoms. The number of halogens is 2. The Bertz CT molecular complexity index is 1070. The third-order valence-electron chi connectivity index (χ3n) is 3.81.